The minimum absolute atomic E-state index is 0.169. The lowest BCUT2D eigenvalue weighted by atomic mass is 9.84. The molecule has 1 saturated heterocycles. The summed E-state index contributed by atoms with van der Waals surface area (Å²) in [7, 11) is 2.26. The van der Waals surface area contributed by atoms with E-state index in [1.165, 1.54) is 62.2 Å². The fourth-order valence-electron chi connectivity index (χ4n) is 3.75. The van der Waals surface area contributed by atoms with Gasteiger partial charge < -0.3 is 10.2 Å². The summed E-state index contributed by atoms with van der Waals surface area (Å²) >= 11 is 2.01. The van der Waals surface area contributed by atoms with E-state index in [4.69, 9.17) is 4.98 Å². The van der Waals surface area contributed by atoms with Crippen molar-refractivity contribution in [3.8, 4) is 0 Å². The summed E-state index contributed by atoms with van der Waals surface area (Å²) < 4.78 is 0. The SMILES string of the molecule is CC1CC(NC2CC2)(c2nc3c(s2)CCC3)CCN1C. The molecule has 2 heterocycles. The van der Waals surface area contributed by atoms with E-state index in [1.807, 2.05) is 11.3 Å². The van der Waals surface area contributed by atoms with E-state index in [2.05, 4.69) is 24.2 Å². The highest BCUT2D eigenvalue weighted by molar-refractivity contribution is 7.12. The Morgan fingerprint density at radius 2 is 2.20 bits per heavy atom. The molecule has 2 unspecified atom stereocenters. The molecule has 1 aromatic rings. The topological polar surface area (TPSA) is 28.2 Å². The minimum atomic E-state index is 0.169. The van der Waals surface area contributed by atoms with Crippen molar-refractivity contribution in [2.75, 3.05) is 13.6 Å². The van der Waals surface area contributed by atoms with Crippen molar-refractivity contribution < 1.29 is 0 Å². The molecule has 1 aliphatic heterocycles. The molecule has 4 rings (SSSR count). The van der Waals surface area contributed by atoms with Crippen LogP contribution in [0.15, 0.2) is 0 Å². The Morgan fingerprint density at radius 3 is 2.90 bits per heavy atom. The normalized spacial score (nSPS) is 34.4. The molecule has 1 N–H and O–H groups in total. The molecule has 0 amide bonds. The summed E-state index contributed by atoms with van der Waals surface area (Å²) in [4.78, 5) is 9.13. The molecule has 3 nitrogen and oxygen atoms in total. The fourth-order valence-corrected chi connectivity index (χ4v) is 5.09. The molecule has 2 atom stereocenters. The van der Waals surface area contributed by atoms with Gasteiger partial charge in [0.2, 0.25) is 0 Å². The Bertz CT molecular complexity index is 486. The van der Waals surface area contributed by atoms with Crippen LogP contribution in [0.2, 0.25) is 0 Å². The van der Waals surface area contributed by atoms with Crippen LogP contribution >= 0.6 is 11.3 Å². The van der Waals surface area contributed by atoms with Crippen molar-refractivity contribution in [2.24, 2.45) is 0 Å². The van der Waals surface area contributed by atoms with Crippen LogP contribution in [0.5, 0.6) is 0 Å². The predicted molar refractivity (Wildman–Crippen MR) is 83.3 cm³/mol. The van der Waals surface area contributed by atoms with Gasteiger partial charge in [-0.2, -0.15) is 0 Å². The van der Waals surface area contributed by atoms with Crippen molar-refractivity contribution in [3.05, 3.63) is 15.6 Å². The first kappa shape index (κ1) is 13.2. The summed E-state index contributed by atoms with van der Waals surface area (Å²) in [5.41, 5.74) is 1.58. The van der Waals surface area contributed by atoms with Gasteiger partial charge in [0.15, 0.2) is 0 Å². The van der Waals surface area contributed by atoms with Gasteiger partial charge >= 0.3 is 0 Å². The highest BCUT2D eigenvalue weighted by Crippen LogP contribution is 2.42. The Kier molecular flexibility index (Phi) is 3.17. The lowest BCUT2D eigenvalue weighted by Gasteiger charge is -2.44. The molecule has 0 aromatic carbocycles. The Labute approximate surface area is 125 Å². The van der Waals surface area contributed by atoms with Gasteiger partial charge in [0.1, 0.15) is 5.01 Å². The van der Waals surface area contributed by atoms with E-state index in [9.17, 15) is 0 Å². The van der Waals surface area contributed by atoms with Crippen LogP contribution < -0.4 is 5.32 Å². The molecule has 0 spiro atoms. The smallest absolute Gasteiger partial charge is 0.113 e. The van der Waals surface area contributed by atoms with Gasteiger partial charge in [-0.15, -0.1) is 11.3 Å². The number of fused-ring (bicyclic) bond motifs is 1. The van der Waals surface area contributed by atoms with Crippen molar-refractivity contribution in [1.82, 2.24) is 15.2 Å². The van der Waals surface area contributed by atoms with Crippen molar-refractivity contribution >= 4 is 11.3 Å². The average molecular weight is 291 g/mol. The largest absolute Gasteiger partial charge is 0.304 e. The van der Waals surface area contributed by atoms with Crippen LogP contribution in [0.4, 0.5) is 0 Å². The molecular weight excluding hydrogens is 266 g/mol. The van der Waals surface area contributed by atoms with Gasteiger partial charge in [-0.1, -0.05) is 0 Å². The third-order valence-corrected chi connectivity index (χ3v) is 6.71. The predicted octanol–water partition coefficient (Wildman–Crippen LogP) is 2.69. The van der Waals surface area contributed by atoms with Crippen LogP contribution in [0, 0.1) is 0 Å². The first-order chi connectivity index (χ1) is 9.66. The molecule has 1 aromatic heterocycles. The van der Waals surface area contributed by atoms with Crippen LogP contribution in [0.3, 0.4) is 0 Å². The summed E-state index contributed by atoms with van der Waals surface area (Å²) in [5, 5.41) is 5.38. The summed E-state index contributed by atoms with van der Waals surface area (Å²) in [5.74, 6) is 0. The molecule has 1 saturated carbocycles. The first-order valence-electron chi connectivity index (χ1n) is 8.13. The highest BCUT2D eigenvalue weighted by Gasteiger charge is 2.44. The van der Waals surface area contributed by atoms with E-state index in [0.29, 0.717) is 6.04 Å². The van der Waals surface area contributed by atoms with Gasteiger partial charge in [0, 0.05) is 23.5 Å². The molecule has 2 aliphatic carbocycles. The van der Waals surface area contributed by atoms with Gasteiger partial charge in [-0.25, -0.2) is 4.98 Å². The summed E-state index contributed by atoms with van der Waals surface area (Å²) in [6.07, 6.45) is 8.94. The number of hydrogen-bond donors (Lipinski definition) is 1. The van der Waals surface area contributed by atoms with Gasteiger partial charge in [-0.05, 0) is 58.9 Å². The van der Waals surface area contributed by atoms with Crippen LogP contribution in [-0.2, 0) is 18.4 Å². The third-order valence-electron chi connectivity index (χ3n) is 5.35. The molecule has 20 heavy (non-hydrogen) atoms. The van der Waals surface area contributed by atoms with Gasteiger partial charge in [-0.3, -0.25) is 0 Å². The van der Waals surface area contributed by atoms with Crippen LogP contribution in [0.1, 0.15) is 54.6 Å². The number of nitrogens with zero attached hydrogens (tertiary/aromatic N) is 2. The monoisotopic (exact) mass is 291 g/mol. The number of piperidine rings is 1. The first-order valence-corrected chi connectivity index (χ1v) is 8.95. The molecule has 110 valence electrons. The highest BCUT2D eigenvalue weighted by atomic mass is 32.1. The third kappa shape index (κ3) is 2.22. The number of likely N-dealkylation sites (tertiary alicyclic amines) is 1. The zero-order valence-electron chi connectivity index (χ0n) is 12.6. The van der Waals surface area contributed by atoms with E-state index in [-0.39, 0.29) is 5.54 Å². The molecule has 4 heteroatoms. The molecule has 0 bridgehead atoms. The second-order valence-corrected chi connectivity index (χ2v) is 8.11. The second-order valence-electron chi connectivity index (χ2n) is 7.03. The van der Waals surface area contributed by atoms with E-state index >= 15 is 0 Å². The van der Waals surface area contributed by atoms with Crippen LogP contribution in [0.25, 0.3) is 0 Å². The minimum Gasteiger partial charge on any atom is -0.304 e. The van der Waals surface area contributed by atoms with Gasteiger partial charge in [0.25, 0.3) is 0 Å². The Balaban J connectivity index is 1.66. The lowest BCUT2D eigenvalue weighted by Crippen LogP contribution is -2.54. The van der Waals surface area contributed by atoms with Crippen molar-refractivity contribution in [2.45, 2.75) is 69.5 Å². The maximum atomic E-state index is 5.06. The van der Waals surface area contributed by atoms with Crippen LogP contribution in [-0.4, -0.2) is 35.6 Å². The number of rotatable bonds is 3. The standard InChI is InChI=1S/C16H25N3S/c1-11-10-16(8-9-19(11)2,18-12-6-7-12)15-17-13-4-3-5-14(13)20-15/h11-12,18H,3-10H2,1-2H3. The molecule has 3 aliphatic rings. The van der Waals surface area contributed by atoms with Crippen molar-refractivity contribution in [1.29, 1.82) is 0 Å². The second kappa shape index (κ2) is 4.79. The number of aromatic nitrogens is 1. The van der Waals surface area contributed by atoms with E-state index in [1.54, 1.807) is 4.88 Å². The maximum Gasteiger partial charge on any atom is 0.113 e. The number of hydrogen-bond acceptors (Lipinski definition) is 4. The maximum absolute atomic E-state index is 5.06. The van der Waals surface area contributed by atoms with E-state index in [0.717, 1.165) is 6.04 Å². The van der Waals surface area contributed by atoms with Crippen molar-refractivity contribution in [3.63, 3.8) is 0 Å². The zero-order chi connectivity index (χ0) is 13.7. The number of nitrogens with one attached hydrogen (secondary N) is 1. The number of thiazole rings is 1. The van der Waals surface area contributed by atoms with Gasteiger partial charge in [0.05, 0.1) is 11.2 Å². The summed E-state index contributed by atoms with van der Waals surface area (Å²) in [6.45, 7) is 3.55. The molecular formula is C16H25N3S. The number of aryl methyl sites for hydroxylation is 2. The molecule has 2 fully saturated rings. The molecule has 0 radical (unpaired) electrons. The summed E-state index contributed by atoms with van der Waals surface area (Å²) in [6, 6.07) is 1.40. The Hall–Kier alpha value is -0.450. The quantitative estimate of drug-likeness (QED) is 0.928. The fraction of sp³-hybridized carbons (Fsp3) is 0.812. The lowest BCUT2D eigenvalue weighted by molar-refractivity contribution is 0.104. The zero-order valence-corrected chi connectivity index (χ0v) is 13.4. The van der Waals surface area contributed by atoms with E-state index < -0.39 is 0 Å². The Morgan fingerprint density at radius 1 is 1.35 bits per heavy atom. The average Bonchev–Trinajstić information content (AvgIpc) is 2.96.